The number of halogens is 1. The first-order valence-corrected chi connectivity index (χ1v) is 7.05. The third-order valence-electron chi connectivity index (χ3n) is 3.09. The van der Waals surface area contributed by atoms with E-state index in [4.69, 9.17) is 10.3 Å². The molecular formula is C14H19BrN2O. The zero-order valence-corrected chi connectivity index (χ0v) is 12.3. The quantitative estimate of drug-likeness (QED) is 0.644. The van der Waals surface area contributed by atoms with Gasteiger partial charge in [0, 0.05) is 5.39 Å². The largest absolute Gasteiger partial charge is 0.458 e. The average Bonchev–Trinajstić information content (AvgIpc) is 2.75. The second-order valence-corrected chi connectivity index (χ2v) is 5.85. The number of nitrogens with one attached hydrogen (secondary N) is 1. The van der Waals surface area contributed by atoms with E-state index >= 15 is 0 Å². The van der Waals surface area contributed by atoms with Crippen LogP contribution in [-0.2, 0) is 0 Å². The van der Waals surface area contributed by atoms with Gasteiger partial charge in [-0.3, -0.25) is 5.84 Å². The van der Waals surface area contributed by atoms with Gasteiger partial charge in [0.2, 0.25) is 0 Å². The Morgan fingerprint density at radius 3 is 2.72 bits per heavy atom. The van der Waals surface area contributed by atoms with Crippen molar-refractivity contribution in [2.75, 3.05) is 0 Å². The number of hydrogen-bond donors (Lipinski definition) is 2. The number of benzene rings is 1. The van der Waals surface area contributed by atoms with Crippen molar-refractivity contribution in [2.24, 2.45) is 11.8 Å². The second kappa shape index (κ2) is 5.87. The maximum absolute atomic E-state index is 5.89. The molecule has 98 valence electrons. The van der Waals surface area contributed by atoms with Crippen LogP contribution in [0.5, 0.6) is 0 Å². The number of fused-ring (bicyclic) bond motifs is 1. The summed E-state index contributed by atoms with van der Waals surface area (Å²) in [5.41, 5.74) is 3.73. The van der Waals surface area contributed by atoms with Crippen molar-refractivity contribution in [3.63, 3.8) is 0 Å². The zero-order chi connectivity index (χ0) is 13.1. The van der Waals surface area contributed by atoms with E-state index in [2.05, 4.69) is 41.3 Å². The van der Waals surface area contributed by atoms with Crippen LogP contribution < -0.4 is 11.3 Å². The number of nitrogens with two attached hydrogens (primary N) is 1. The summed E-state index contributed by atoms with van der Waals surface area (Å²) in [6.07, 6.45) is 2.10. The van der Waals surface area contributed by atoms with Crippen LogP contribution in [0.3, 0.4) is 0 Å². The predicted octanol–water partition coefficient (Wildman–Crippen LogP) is 4.14. The van der Waals surface area contributed by atoms with Crippen LogP contribution in [0, 0.1) is 5.92 Å². The van der Waals surface area contributed by atoms with E-state index in [-0.39, 0.29) is 6.04 Å². The summed E-state index contributed by atoms with van der Waals surface area (Å²) < 4.78 is 6.87. The van der Waals surface area contributed by atoms with Crippen molar-refractivity contribution >= 4 is 26.9 Å². The van der Waals surface area contributed by atoms with Crippen molar-refractivity contribution in [3.05, 3.63) is 34.5 Å². The normalized spacial score (nSPS) is 13.4. The monoisotopic (exact) mass is 310 g/mol. The molecule has 2 rings (SSSR count). The Bertz CT molecular complexity index is 521. The summed E-state index contributed by atoms with van der Waals surface area (Å²) in [7, 11) is 0. The van der Waals surface area contributed by atoms with Gasteiger partial charge in [-0.1, -0.05) is 26.0 Å². The molecule has 1 heterocycles. The molecule has 18 heavy (non-hydrogen) atoms. The highest BCUT2D eigenvalue weighted by atomic mass is 79.9. The van der Waals surface area contributed by atoms with Crippen molar-refractivity contribution in [1.82, 2.24) is 5.43 Å². The molecule has 3 N–H and O–H groups in total. The van der Waals surface area contributed by atoms with Crippen LogP contribution in [0.15, 0.2) is 33.2 Å². The van der Waals surface area contributed by atoms with E-state index in [1.165, 1.54) is 0 Å². The third-order valence-corrected chi connectivity index (χ3v) is 3.72. The van der Waals surface area contributed by atoms with E-state index in [1.54, 1.807) is 0 Å². The zero-order valence-electron chi connectivity index (χ0n) is 10.7. The minimum absolute atomic E-state index is 0.0756. The molecule has 0 radical (unpaired) electrons. The summed E-state index contributed by atoms with van der Waals surface area (Å²) in [6.45, 7) is 4.42. The highest BCUT2D eigenvalue weighted by Crippen LogP contribution is 2.31. The first-order chi connectivity index (χ1) is 8.61. The van der Waals surface area contributed by atoms with E-state index in [0.717, 1.165) is 34.0 Å². The van der Waals surface area contributed by atoms with Gasteiger partial charge < -0.3 is 4.42 Å². The lowest BCUT2D eigenvalue weighted by Crippen LogP contribution is -2.27. The molecule has 0 amide bonds. The molecule has 0 aliphatic rings. The van der Waals surface area contributed by atoms with E-state index in [0.29, 0.717) is 5.92 Å². The van der Waals surface area contributed by atoms with Crippen LogP contribution in [0.4, 0.5) is 0 Å². The fraction of sp³-hybridized carbons (Fsp3) is 0.429. The molecule has 0 aliphatic heterocycles. The van der Waals surface area contributed by atoms with Gasteiger partial charge in [0.1, 0.15) is 11.3 Å². The Morgan fingerprint density at radius 2 is 2.11 bits per heavy atom. The highest BCUT2D eigenvalue weighted by Gasteiger charge is 2.16. The summed E-state index contributed by atoms with van der Waals surface area (Å²) in [5, 5.41) is 1.10. The minimum atomic E-state index is 0.0756. The van der Waals surface area contributed by atoms with Crippen molar-refractivity contribution in [3.8, 4) is 0 Å². The van der Waals surface area contributed by atoms with Crippen molar-refractivity contribution in [2.45, 2.75) is 32.7 Å². The lowest BCUT2D eigenvalue weighted by Gasteiger charge is -2.14. The van der Waals surface area contributed by atoms with Crippen molar-refractivity contribution in [1.29, 1.82) is 0 Å². The topological polar surface area (TPSA) is 51.2 Å². The smallest absolute Gasteiger partial charge is 0.148 e. The van der Waals surface area contributed by atoms with Gasteiger partial charge in [0.05, 0.1) is 10.5 Å². The molecule has 1 atom stereocenters. The summed E-state index contributed by atoms with van der Waals surface area (Å²) >= 11 is 3.50. The van der Waals surface area contributed by atoms with E-state index in [9.17, 15) is 0 Å². The Labute approximate surface area is 116 Å². The minimum Gasteiger partial charge on any atom is -0.458 e. The summed E-state index contributed by atoms with van der Waals surface area (Å²) in [5.74, 6) is 7.20. The van der Waals surface area contributed by atoms with Crippen LogP contribution in [0.25, 0.3) is 11.0 Å². The SMILES string of the molecule is CC(C)CCC(NN)c1cc2cccc(Br)c2o1. The van der Waals surface area contributed by atoms with Crippen molar-refractivity contribution < 1.29 is 4.42 Å². The molecule has 3 nitrogen and oxygen atoms in total. The number of para-hydroxylation sites is 1. The van der Waals surface area contributed by atoms with E-state index < -0.39 is 0 Å². The fourth-order valence-electron chi connectivity index (χ4n) is 2.03. The number of hydrazine groups is 1. The van der Waals surface area contributed by atoms with Gasteiger partial charge >= 0.3 is 0 Å². The Hall–Kier alpha value is -0.840. The van der Waals surface area contributed by atoms with Gasteiger partial charge in [-0.05, 0) is 46.8 Å². The molecule has 0 bridgehead atoms. The molecule has 0 fully saturated rings. The third kappa shape index (κ3) is 2.94. The molecule has 1 unspecified atom stereocenters. The fourth-order valence-corrected chi connectivity index (χ4v) is 2.49. The molecular weight excluding hydrogens is 292 g/mol. The molecule has 0 saturated heterocycles. The first-order valence-electron chi connectivity index (χ1n) is 6.26. The lowest BCUT2D eigenvalue weighted by molar-refractivity contribution is 0.387. The predicted molar refractivity (Wildman–Crippen MR) is 78.1 cm³/mol. The van der Waals surface area contributed by atoms with Gasteiger partial charge in [0.15, 0.2) is 0 Å². The van der Waals surface area contributed by atoms with E-state index in [1.807, 2.05) is 18.2 Å². The maximum Gasteiger partial charge on any atom is 0.148 e. The Kier molecular flexibility index (Phi) is 4.43. The standard InChI is InChI=1S/C14H19BrN2O/c1-9(2)6-7-12(17-16)13-8-10-4-3-5-11(15)14(10)18-13/h3-5,8-9,12,17H,6-7,16H2,1-2H3. The maximum atomic E-state index is 5.89. The molecule has 4 heteroatoms. The van der Waals surface area contributed by atoms with Gasteiger partial charge in [-0.2, -0.15) is 0 Å². The Morgan fingerprint density at radius 1 is 1.33 bits per heavy atom. The molecule has 1 aromatic carbocycles. The van der Waals surface area contributed by atoms with Crippen LogP contribution in [0.2, 0.25) is 0 Å². The molecule has 0 saturated carbocycles. The van der Waals surface area contributed by atoms with Crippen LogP contribution >= 0.6 is 15.9 Å². The number of hydrogen-bond acceptors (Lipinski definition) is 3. The molecule has 0 spiro atoms. The second-order valence-electron chi connectivity index (χ2n) is 5.00. The summed E-state index contributed by atoms with van der Waals surface area (Å²) in [4.78, 5) is 0. The van der Waals surface area contributed by atoms with Gasteiger partial charge in [-0.25, -0.2) is 5.43 Å². The average molecular weight is 311 g/mol. The molecule has 1 aromatic heterocycles. The number of rotatable bonds is 5. The highest BCUT2D eigenvalue weighted by molar-refractivity contribution is 9.10. The van der Waals surface area contributed by atoms with Gasteiger partial charge in [0.25, 0.3) is 0 Å². The number of furan rings is 1. The van der Waals surface area contributed by atoms with Crippen LogP contribution in [-0.4, -0.2) is 0 Å². The summed E-state index contributed by atoms with van der Waals surface area (Å²) in [6, 6.07) is 8.17. The van der Waals surface area contributed by atoms with Crippen LogP contribution in [0.1, 0.15) is 38.5 Å². The molecule has 2 aromatic rings. The Balaban J connectivity index is 2.25. The lowest BCUT2D eigenvalue weighted by atomic mass is 10.0. The molecule has 0 aliphatic carbocycles. The first kappa shape index (κ1) is 13.6. The van der Waals surface area contributed by atoms with Gasteiger partial charge in [-0.15, -0.1) is 0 Å².